The first-order valence-electron chi connectivity index (χ1n) is 5.24. The monoisotopic (exact) mass is 260 g/mol. The molecule has 4 nitrogen and oxygen atoms in total. The van der Waals surface area contributed by atoms with Gasteiger partial charge in [-0.05, 0) is 18.9 Å². The second kappa shape index (κ2) is 4.30. The van der Waals surface area contributed by atoms with Crippen molar-refractivity contribution in [3.63, 3.8) is 0 Å². The highest BCUT2D eigenvalue weighted by Gasteiger charge is 2.31. The van der Waals surface area contributed by atoms with Crippen molar-refractivity contribution in [2.75, 3.05) is 11.5 Å². The summed E-state index contributed by atoms with van der Waals surface area (Å²) in [5, 5.41) is 0.395. The molecule has 0 aromatic carbocycles. The zero-order valence-electron chi connectivity index (χ0n) is 8.98. The molecule has 0 amide bonds. The van der Waals surface area contributed by atoms with E-state index in [2.05, 4.69) is 9.97 Å². The van der Waals surface area contributed by atoms with E-state index < -0.39 is 9.84 Å². The first kappa shape index (κ1) is 11.8. The molecule has 0 N–H and O–H groups in total. The van der Waals surface area contributed by atoms with Crippen molar-refractivity contribution in [1.82, 2.24) is 9.97 Å². The fourth-order valence-electron chi connectivity index (χ4n) is 1.85. The summed E-state index contributed by atoms with van der Waals surface area (Å²) in [4.78, 5) is 8.46. The third-order valence-electron chi connectivity index (χ3n) is 2.73. The van der Waals surface area contributed by atoms with Crippen molar-refractivity contribution in [2.24, 2.45) is 0 Å². The lowest BCUT2D eigenvalue weighted by Gasteiger charge is -2.07. The Morgan fingerprint density at radius 1 is 1.50 bits per heavy atom. The molecule has 1 atom stereocenters. The SMILES string of the molecule is CCc1cc(Cl)nc(C2CCS(=O)(=O)C2)n1. The maximum absolute atomic E-state index is 11.4. The van der Waals surface area contributed by atoms with Crippen LogP contribution >= 0.6 is 11.6 Å². The Balaban J connectivity index is 2.31. The van der Waals surface area contributed by atoms with E-state index in [-0.39, 0.29) is 17.4 Å². The lowest BCUT2D eigenvalue weighted by molar-refractivity contribution is 0.601. The van der Waals surface area contributed by atoms with Crippen LogP contribution in [0.4, 0.5) is 0 Å². The highest BCUT2D eigenvalue weighted by atomic mass is 35.5. The Labute approximate surface area is 100.0 Å². The Kier molecular flexibility index (Phi) is 3.17. The lowest BCUT2D eigenvalue weighted by Crippen LogP contribution is -2.08. The summed E-state index contributed by atoms with van der Waals surface area (Å²) < 4.78 is 22.7. The summed E-state index contributed by atoms with van der Waals surface area (Å²) in [6.45, 7) is 1.98. The predicted octanol–water partition coefficient (Wildman–Crippen LogP) is 1.59. The summed E-state index contributed by atoms with van der Waals surface area (Å²) in [6.07, 6.45) is 1.38. The standard InChI is InChI=1S/C10H13ClN2O2S/c1-2-8-5-9(11)13-10(12-8)7-3-4-16(14,15)6-7/h5,7H,2-4,6H2,1H3. The largest absolute Gasteiger partial charge is 0.238 e. The minimum absolute atomic E-state index is 0.0889. The van der Waals surface area contributed by atoms with Crippen molar-refractivity contribution < 1.29 is 8.42 Å². The quantitative estimate of drug-likeness (QED) is 0.758. The fourth-order valence-corrected chi connectivity index (χ4v) is 3.80. The first-order chi connectivity index (χ1) is 7.50. The number of nitrogens with zero attached hydrogens (tertiary/aromatic N) is 2. The summed E-state index contributed by atoms with van der Waals surface area (Å²) >= 11 is 5.88. The van der Waals surface area contributed by atoms with Gasteiger partial charge < -0.3 is 0 Å². The van der Waals surface area contributed by atoms with Crippen LogP contribution in [0.3, 0.4) is 0 Å². The van der Waals surface area contributed by atoms with Gasteiger partial charge in [0.1, 0.15) is 11.0 Å². The van der Waals surface area contributed by atoms with Crippen LogP contribution in [0.5, 0.6) is 0 Å². The van der Waals surface area contributed by atoms with Gasteiger partial charge in [0, 0.05) is 11.6 Å². The molecule has 0 spiro atoms. The van der Waals surface area contributed by atoms with Crippen molar-refractivity contribution in [3.05, 3.63) is 22.7 Å². The summed E-state index contributed by atoms with van der Waals surface area (Å²) in [5.74, 6) is 0.866. The van der Waals surface area contributed by atoms with Gasteiger partial charge in [-0.1, -0.05) is 18.5 Å². The van der Waals surface area contributed by atoms with E-state index in [0.29, 0.717) is 17.4 Å². The molecule has 1 aliphatic rings. The molecule has 0 bridgehead atoms. The van der Waals surface area contributed by atoms with E-state index in [1.54, 1.807) is 6.07 Å². The van der Waals surface area contributed by atoms with E-state index in [0.717, 1.165) is 12.1 Å². The zero-order chi connectivity index (χ0) is 11.8. The lowest BCUT2D eigenvalue weighted by atomic mass is 10.1. The highest BCUT2D eigenvalue weighted by molar-refractivity contribution is 7.91. The van der Waals surface area contributed by atoms with Gasteiger partial charge in [-0.2, -0.15) is 0 Å². The van der Waals surface area contributed by atoms with Gasteiger partial charge >= 0.3 is 0 Å². The number of rotatable bonds is 2. The molecule has 2 heterocycles. The Hall–Kier alpha value is -0.680. The van der Waals surface area contributed by atoms with E-state index in [1.807, 2.05) is 6.92 Å². The van der Waals surface area contributed by atoms with Crippen LogP contribution in [0.15, 0.2) is 6.07 Å². The first-order valence-corrected chi connectivity index (χ1v) is 7.44. The zero-order valence-corrected chi connectivity index (χ0v) is 10.6. The van der Waals surface area contributed by atoms with Crippen LogP contribution in [-0.4, -0.2) is 29.9 Å². The van der Waals surface area contributed by atoms with Crippen LogP contribution in [0, 0.1) is 0 Å². The highest BCUT2D eigenvalue weighted by Crippen LogP contribution is 2.27. The molecule has 0 saturated carbocycles. The van der Waals surface area contributed by atoms with E-state index >= 15 is 0 Å². The second-order valence-electron chi connectivity index (χ2n) is 3.99. The maximum Gasteiger partial charge on any atom is 0.151 e. The molecule has 1 aromatic heterocycles. The minimum Gasteiger partial charge on any atom is -0.238 e. The normalized spacial score (nSPS) is 23.5. The van der Waals surface area contributed by atoms with Crippen molar-refractivity contribution >= 4 is 21.4 Å². The number of aryl methyl sites for hydroxylation is 1. The number of hydrogen-bond donors (Lipinski definition) is 0. The summed E-state index contributed by atoms with van der Waals surface area (Å²) in [5.41, 5.74) is 0.860. The number of sulfone groups is 1. The van der Waals surface area contributed by atoms with Gasteiger partial charge in [0.05, 0.1) is 11.5 Å². The summed E-state index contributed by atoms with van der Waals surface area (Å²) in [7, 11) is -2.90. The number of hydrogen-bond acceptors (Lipinski definition) is 4. The second-order valence-corrected chi connectivity index (χ2v) is 6.61. The van der Waals surface area contributed by atoms with Crippen molar-refractivity contribution in [3.8, 4) is 0 Å². The van der Waals surface area contributed by atoms with Crippen LogP contribution < -0.4 is 0 Å². The predicted molar refractivity (Wildman–Crippen MR) is 62.4 cm³/mol. The van der Waals surface area contributed by atoms with E-state index in [9.17, 15) is 8.42 Å². The molecular weight excluding hydrogens is 248 g/mol. The van der Waals surface area contributed by atoms with Crippen molar-refractivity contribution in [1.29, 1.82) is 0 Å². The van der Waals surface area contributed by atoms with Gasteiger partial charge in [0.2, 0.25) is 0 Å². The molecule has 1 unspecified atom stereocenters. The van der Waals surface area contributed by atoms with Gasteiger partial charge in [0.25, 0.3) is 0 Å². The smallest absolute Gasteiger partial charge is 0.151 e. The maximum atomic E-state index is 11.4. The Bertz CT molecular complexity index is 502. The van der Waals surface area contributed by atoms with Gasteiger partial charge in [-0.25, -0.2) is 18.4 Å². The Morgan fingerprint density at radius 3 is 2.81 bits per heavy atom. The van der Waals surface area contributed by atoms with E-state index in [4.69, 9.17) is 11.6 Å². The van der Waals surface area contributed by atoms with Crippen LogP contribution in [0.25, 0.3) is 0 Å². The number of halogens is 1. The van der Waals surface area contributed by atoms with Crippen LogP contribution in [-0.2, 0) is 16.3 Å². The van der Waals surface area contributed by atoms with Gasteiger partial charge in [0.15, 0.2) is 9.84 Å². The number of aromatic nitrogens is 2. The van der Waals surface area contributed by atoms with Crippen LogP contribution in [0.2, 0.25) is 5.15 Å². The third kappa shape index (κ3) is 2.52. The Morgan fingerprint density at radius 2 is 2.25 bits per heavy atom. The molecular formula is C10H13ClN2O2S. The molecule has 0 aliphatic carbocycles. The van der Waals surface area contributed by atoms with Gasteiger partial charge in [-0.15, -0.1) is 0 Å². The molecule has 1 fully saturated rings. The molecule has 0 radical (unpaired) electrons. The molecule has 1 aliphatic heterocycles. The molecule has 6 heteroatoms. The topological polar surface area (TPSA) is 59.9 Å². The molecule has 2 rings (SSSR count). The average Bonchev–Trinajstić information content (AvgIpc) is 2.58. The van der Waals surface area contributed by atoms with Crippen LogP contribution in [0.1, 0.15) is 30.8 Å². The van der Waals surface area contributed by atoms with Gasteiger partial charge in [-0.3, -0.25) is 0 Å². The summed E-state index contributed by atoms with van der Waals surface area (Å²) in [6, 6.07) is 1.72. The third-order valence-corrected chi connectivity index (χ3v) is 4.69. The molecule has 1 aromatic rings. The molecule has 88 valence electrons. The average molecular weight is 261 g/mol. The molecule has 1 saturated heterocycles. The molecule has 16 heavy (non-hydrogen) atoms. The van der Waals surface area contributed by atoms with E-state index in [1.165, 1.54) is 0 Å². The fraction of sp³-hybridized carbons (Fsp3) is 0.600. The van der Waals surface area contributed by atoms with Crippen molar-refractivity contribution in [2.45, 2.75) is 25.7 Å². The minimum atomic E-state index is -2.90.